The minimum atomic E-state index is -3.83. The van der Waals surface area contributed by atoms with Crippen molar-refractivity contribution in [2.75, 3.05) is 12.3 Å². The van der Waals surface area contributed by atoms with Crippen LogP contribution in [0.5, 0.6) is 0 Å². The van der Waals surface area contributed by atoms with Crippen molar-refractivity contribution in [3.05, 3.63) is 35.4 Å². The summed E-state index contributed by atoms with van der Waals surface area (Å²) in [4.78, 5) is 36.6. The van der Waals surface area contributed by atoms with Gasteiger partial charge < -0.3 is 5.11 Å². The molecular formula is C17H22N2O6S. The Morgan fingerprint density at radius 1 is 1.15 bits per heavy atom. The van der Waals surface area contributed by atoms with Crippen LogP contribution >= 0.6 is 0 Å². The maximum atomic E-state index is 12.2. The van der Waals surface area contributed by atoms with Crippen molar-refractivity contribution in [1.82, 2.24) is 9.62 Å². The number of nitrogens with zero attached hydrogens (tertiary/aromatic N) is 1. The topological polar surface area (TPSA) is 121 Å². The molecule has 26 heavy (non-hydrogen) atoms. The molecule has 1 aromatic rings. The van der Waals surface area contributed by atoms with Crippen molar-refractivity contribution >= 4 is 27.8 Å². The van der Waals surface area contributed by atoms with E-state index < -0.39 is 33.8 Å². The van der Waals surface area contributed by atoms with Crippen LogP contribution in [0.15, 0.2) is 24.3 Å². The standard InChI is InChI=1S/C17H22N2O6S/c1-2-3-9-14(17(22)23)18-26(24,25)11-6-10-19-15(20)12-7-4-5-8-13(12)16(19)21/h4-5,7-8,14,18H,2-3,6,9-11H2,1H3,(H,22,23). The molecule has 9 heteroatoms. The largest absolute Gasteiger partial charge is 0.480 e. The average molecular weight is 382 g/mol. The number of nitrogens with one attached hydrogen (secondary N) is 1. The molecule has 0 aliphatic carbocycles. The summed E-state index contributed by atoms with van der Waals surface area (Å²) in [6, 6.07) is 5.26. The van der Waals surface area contributed by atoms with E-state index in [9.17, 15) is 22.8 Å². The third-order valence-corrected chi connectivity index (χ3v) is 5.61. The average Bonchev–Trinajstić information content (AvgIpc) is 2.83. The summed E-state index contributed by atoms with van der Waals surface area (Å²) in [5.41, 5.74) is 0.618. The van der Waals surface area contributed by atoms with Crippen LogP contribution in [-0.4, -0.2) is 54.5 Å². The quantitative estimate of drug-likeness (QED) is 0.587. The Kier molecular flexibility index (Phi) is 6.49. The number of unbranched alkanes of at least 4 members (excludes halogenated alkanes) is 1. The Labute approximate surface area is 152 Å². The summed E-state index contributed by atoms with van der Waals surface area (Å²) in [5, 5.41) is 9.11. The molecule has 0 saturated heterocycles. The molecule has 1 aliphatic heterocycles. The van der Waals surface area contributed by atoms with Crippen LogP contribution in [0.1, 0.15) is 53.3 Å². The van der Waals surface area contributed by atoms with Gasteiger partial charge in [-0.05, 0) is 25.0 Å². The monoisotopic (exact) mass is 382 g/mol. The minimum Gasteiger partial charge on any atom is -0.480 e. The van der Waals surface area contributed by atoms with Crippen LogP contribution in [-0.2, 0) is 14.8 Å². The van der Waals surface area contributed by atoms with Crippen LogP contribution in [0, 0.1) is 0 Å². The number of benzene rings is 1. The number of carboxylic acid groups (broad SMARTS) is 1. The number of rotatable bonds is 10. The highest BCUT2D eigenvalue weighted by Gasteiger charge is 2.35. The van der Waals surface area contributed by atoms with Crippen LogP contribution in [0.3, 0.4) is 0 Å². The molecule has 2 rings (SSSR count). The summed E-state index contributed by atoms with van der Waals surface area (Å²) < 4.78 is 26.4. The van der Waals surface area contributed by atoms with E-state index in [1.807, 2.05) is 6.92 Å². The zero-order valence-corrected chi connectivity index (χ0v) is 15.3. The van der Waals surface area contributed by atoms with Crippen molar-refractivity contribution < 1.29 is 27.9 Å². The van der Waals surface area contributed by atoms with Gasteiger partial charge in [-0.3, -0.25) is 19.3 Å². The summed E-state index contributed by atoms with van der Waals surface area (Å²) in [5.74, 6) is -2.47. The van der Waals surface area contributed by atoms with Crippen LogP contribution < -0.4 is 4.72 Å². The predicted octanol–water partition coefficient (Wildman–Crippen LogP) is 1.24. The second-order valence-corrected chi connectivity index (χ2v) is 8.00. The number of fused-ring (bicyclic) bond motifs is 1. The smallest absolute Gasteiger partial charge is 0.321 e. The Morgan fingerprint density at radius 2 is 1.73 bits per heavy atom. The summed E-state index contributed by atoms with van der Waals surface area (Å²) in [6.45, 7) is 1.84. The van der Waals surface area contributed by atoms with E-state index in [0.717, 1.165) is 11.3 Å². The van der Waals surface area contributed by atoms with E-state index in [0.29, 0.717) is 17.5 Å². The first-order chi connectivity index (χ1) is 12.3. The van der Waals surface area contributed by atoms with E-state index in [1.165, 1.54) is 0 Å². The molecule has 0 bridgehead atoms. The van der Waals surface area contributed by atoms with Gasteiger partial charge in [-0.25, -0.2) is 13.1 Å². The maximum Gasteiger partial charge on any atom is 0.321 e. The number of amides is 2. The van der Waals surface area contributed by atoms with Crippen molar-refractivity contribution in [2.24, 2.45) is 0 Å². The summed E-state index contributed by atoms with van der Waals surface area (Å²) >= 11 is 0. The van der Waals surface area contributed by atoms with E-state index in [2.05, 4.69) is 4.72 Å². The van der Waals surface area contributed by atoms with Crippen LogP contribution in [0.4, 0.5) is 0 Å². The second-order valence-electron chi connectivity index (χ2n) is 6.13. The number of sulfonamides is 1. The molecule has 0 saturated carbocycles. The summed E-state index contributed by atoms with van der Waals surface area (Å²) in [6.07, 6.45) is 1.59. The number of hydrogen-bond donors (Lipinski definition) is 2. The maximum absolute atomic E-state index is 12.2. The van der Waals surface area contributed by atoms with Gasteiger partial charge in [-0.2, -0.15) is 0 Å². The molecule has 1 unspecified atom stereocenters. The lowest BCUT2D eigenvalue weighted by molar-refractivity contribution is -0.139. The Morgan fingerprint density at radius 3 is 2.23 bits per heavy atom. The molecule has 2 N–H and O–H groups in total. The molecule has 0 spiro atoms. The number of carbonyl (C=O) groups excluding carboxylic acids is 2. The van der Waals surface area contributed by atoms with Gasteiger partial charge in [-0.1, -0.05) is 31.9 Å². The first-order valence-electron chi connectivity index (χ1n) is 8.45. The summed E-state index contributed by atoms with van der Waals surface area (Å²) in [7, 11) is -3.83. The number of aliphatic carboxylic acids is 1. The molecular weight excluding hydrogens is 360 g/mol. The zero-order valence-electron chi connectivity index (χ0n) is 14.5. The molecule has 0 radical (unpaired) electrons. The second kappa shape index (κ2) is 8.41. The lowest BCUT2D eigenvalue weighted by Crippen LogP contribution is -2.42. The number of carbonyl (C=O) groups is 3. The highest BCUT2D eigenvalue weighted by atomic mass is 32.2. The van der Waals surface area contributed by atoms with Crippen molar-refractivity contribution in [2.45, 2.75) is 38.6 Å². The number of hydrogen-bond acceptors (Lipinski definition) is 5. The van der Waals surface area contributed by atoms with E-state index in [1.54, 1.807) is 24.3 Å². The van der Waals surface area contributed by atoms with Gasteiger partial charge in [0.1, 0.15) is 6.04 Å². The fraction of sp³-hybridized carbons (Fsp3) is 0.471. The lowest BCUT2D eigenvalue weighted by atomic mass is 10.1. The number of imide groups is 1. The molecule has 1 heterocycles. The van der Waals surface area contributed by atoms with Gasteiger partial charge in [-0.15, -0.1) is 0 Å². The van der Waals surface area contributed by atoms with Gasteiger partial charge in [0, 0.05) is 6.54 Å². The van der Waals surface area contributed by atoms with Gasteiger partial charge in [0.05, 0.1) is 16.9 Å². The molecule has 0 fully saturated rings. The Bertz CT molecular complexity index is 770. The van der Waals surface area contributed by atoms with Crippen molar-refractivity contribution in [3.63, 3.8) is 0 Å². The Balaban J connectivity index is 1.92. The molecule has 1 aliphatic rings. The van der Waals surface area contributed by atoms with Gasteiger partial charge in [0.15, 0.2) is 0 Å². The molecule has 2 amide bonds. The first-order valence-corrected chi connectivity index (χ1v) is 10.1. The highest BCUT2D eigenvalue weighted by molar-refractivity contribution is 7.89. The van der Waals surface area contributed by atoms with Crippen LogP contribution in [0.2, 0.25) is 0 Å². The highest BCUT2D eigenvalue weighted by Crippen LogP contribution is 2.22. The SMILES string of the molecule is CCCCC(NS(=O)(=O)CCCN1C(=O)c2ccccc2C1=O)C(=O)O. The molecule has 8 nitrogen and oxygen atoms in total. The Hall–Kier alpha value is -2.26. The minimum absolute atomic E-state index is 0.0287. The van der Waals surface area contributed by atoms with Crippen molar-refractivity contribution in [3.8, 4) is 0 Å². The third-order valence-electron chi connectivity index (χ3n) is 4.14. The first kappa shape index (κ1) is 20.1. The van der Waals surface area contributed by atoms with Crippen LogP contribution in [0.25, 0.3) is 0 Å². The third kappa shape index (κ3) is 4.67. The predicted molar refractivity (Wildman–Crippen MR) is 94.3 cm³/mol. The lowest BCUT2D eigenvalue weighted by Gasteiger charge is -2.16. The molecule has 0 aromatic heterocycles. The van der Waals surface area contributed by atoms with Gasteiger partial charge in [0.25, 0.3) is 11.8 Å². The van der Waals surface area contributed by atoms with E-state index in [4.69, 9.17) is 5.11 Å². The van der Waals surface area contributed by atoms with Gasteiger partial charge >= 0.3 is 5.97 Å². The fourth-order valence-corrected chi connectivity index (χ4v) is 4.05. The van der Waals surface area contributed by atoms with Gasteiger partial charge in [0.2, 0.25) is 10.0 Å². The van der Waals surface area contributed by atoms with E-state index >= 15 is 0 Å². The van der Waals surface area contributed by atoms with Crippen molar-refractivity contribution in [1.29, 1.82) is 0 Å². The van der Waals surface area contributed by atoms with E-state index in [-0.39, 0.29) is 25.1 Å². The zero-order chi connectivity index (χ0) is 19.3. The molecule has 1 atom stereocenters. The number of carboxylic acids is 1. The normalized spacial score (nSPS) is 15.2. The molecule has 142 valence electrons. The fourth-order valence-electron chi connectivity index (χ4n) is 2.77. The molecule has 1 aromatic carbocycles.